The van der Waals surface area contributed by atoms with Crippen molar-refractivity contribution >= 4 is 5.97 Å². The minimum Gasteiger partial charge on any atom is -0.481 e. The van der Waals surface area contributed by atoms with Crippen molar-refractivity contribution in [3.63, 3.8) is 0 Å². The van der Waals surface area contributed by atoms with E-state index in [1.165, 1.54) is 6.07 Å². The van der Waals surface area contributed by atoms with Gasteiger partial charge in [-0.2, -0.15) is 18.4 Å². The molecule has 0 bridgehead atoms. The molecule has 0 saturated heterocycles. The molecule has 0 amide bonds. The zero-order valence-corrected chi connectivity index (χ0v) is 9.13. The first-order chi connectivity index (χ1) is 8.68. The SMILES string of the molecule is N#Cc1c(C(F)F)ccc(C(F)(F)F)c1CC(=O)O. The van der Waals surface area contributed by atoms with Gasteiger partial charge in [-0.15, -0.1) is 0 Å². The fourth-order valence-electron chi connectivity index (χ4n) is 1.58. The predicted molar refractivity (Wildman–Crippen MR) is 52.5 cm³/mol. The fraction of sp³-hybridized carbons (Fsp3) is 0.273. The van der Waals surface area contributed by atoms with E-state index in [9.17, 15) is 26.7 Å². The highest BCUT2D eigenvalue weighted by Gasteiger charge is 2.36. The Bertz CT molecular complexity index is 545. The van der Waals surface area contributed by atoms with Crippen LogP contribution in [0.3, 0.4) is 0 Å². The molecule has 0 spiro atoms. The van der Waals surface area contributed by atoms with Crippen LogP contribution < -0.4 is 0 Å². The molecule has 1 rings (SSSR count). The van der Waals surface area contributed by atoms with Gasteiger partial charge in [0, 0.05) is 5.56 Å². The van der Waals surface area contributed by atoms with Crippen molar-refractivity contribution in [2.24, 2.45) is 0 Å². The van der Waals surface area contributed by atoms with Crippen LogP contribution in [0.1, 0.15) is 28.7 Å². The predicted octanol–water partition coefficient (Wildman–Crippen LogP) is 3.14. The summed E-state index contributed by atoms with van der Waals surface area (Å²) in [4.78, 5) is 10.5. The van der Waals surface area contributed by atoms with E-state index in [1.54, 1.807) is 0 Å². The Morgan fingerprint density at radius 3 is 2.32 bits per heavy atom. The summed E-state index contributed by atoms with van der Waals surface area (Å²) in [6, 6.07) is 2.07. The number of carboxylic acids is 1. The van der Waals surface area contributed by atoms with E-state index in [0.29, 0.717) is 12.1 Å². The lowest BCUT2D eigenvalue weighted by Crippen LogP contribution is -2.15. The minimum absolute atomic E-state index is 0.362. The second-order valence-electron chi connectivity index (χ2n) is 3.54. The van der Waals surface area contributed by atoms with Crippen LogP contribution in [0.4, 0.5) is 22.0 Å². The van der Waals surface area contributed by atoms with Crippen molar-refractivity contribution in [2.45, 2.75) is 19.0 Å². The summed E-state index contributed by atoms with van der Waals surface area (Å²) >= 11 is 0. The molecule has 0 fully saturated rings. The lowest BCUT2D eigenvalue weighted by atomic mass is 9.94. The summed E-state index contributed by atoms with van der Waals surface area (Å²) < 4.78 is 63.1. The number of hydrogen-bond acceptors (Lipinski definition) is 2. The lowest BCUT2D eigenvalue weighted by Gasteiger charge is -2.15. The van der Waals surface area contributed by atoms with Gasteiger partial charge in [-0.3, -0.25) is 4.79 Å². The quantitative estimate of drug-likeness (QED) is 0.864. The molecule has 19 heavy (non-hydrogen) atoms. The molecular formula is C11H6F5NO2. The van der Waals surface area contributed by atoms with E-state index in [-0.39, 0.29) is 0 Å². The van der Waals surface area contributed by atoms with Crippen molar-refractivity contribution in [1.29, 1.82) is 5.26 Å². The number of halogens is 5. The van der Waals surface area contributed by atoms with Gasteiger partial charge >= 0.3 is 12.1 Å². The normalized spacial score (nSPS) is 11.4. The van der Waals surface area contributed by atoms with Crippen molar-refractivity contribution in [3.8, 4) is 6.07 Å². The van der Waals surface area contributed by atoms with Crippen LogP contribution in [0.15, 0.2) is 12.1 Å². The molecule has 0 aromatic heterocycles. The number of alkyl halides is 5. The Kier molecular flexibility index (Phi) is 4.09. The maximum Gasteiger partial charge on any atom is 0.416 e. The number of carboxylic acid groups (broad SMARTS) is 1. The minimum atomic E-state index is -4.92. The van der Waals surface area contributed by atoms with Crippen LogP contribution in [-0.2, 0) is 17.4 Å². The van der Waals surface area contributed by atoms with Gasteiger partial charge < -0.3 is 5.11 Å². The molecule has 0 unspecified atom stereocenters. The lowest BCUT2D eigenvalue weighted by molar-refractivity contribution is -0.139. The van der Waals surface area contributed by atoms with Gasteiger partial charge in [-0.25, -0.2) is 8.78 Å². The average molecular weight is 279 g/mol. The molecular weight excluding hydrogens is 273 g/mol. The first kappa shape index (κ1) is 14.9. The molecule has 0 heterocycles. The smallest absolute Gasteiger partial charge is 0.416 e. The van der Waals surface area contributed by atoms with Gasteiger partial charge in [0.1, 0.15) is 0 Å². The van der Waals surface area contributed by atoms with E-state index in [0.717, 1.165) is 0 Å². The number of carbonyl (C=O) groups is 1. The summed E-state index contributed by atoms with van der Waals surface area (Å²) in [6.07, 6.45) is -9.24. The molecule has 1 aromatic carbocycles. The molecule has 8 heteroatoms. The maximum absolute atomic E-state index is 12.7. The van der Waals surface area contributed by atoms with Crippen molar-refractivity contribution < 1.29 is 31.9 Å². The van der Waals surface area contributed by atoms with Crippen LogP contribution in [0.2, 0.25) is 0 Å². The Morgan fingerprint density at radius 1 is 1.37 bits per heavy atom. The number of hydrogen-bond donors (Lipinski definition) is 1. The van der Waals surface area contributed by atoms with Crippen molar-refractivity contribution in [3.05, 3.63) is 34.4 Å². The Balaban J connectivity index is 3.61. The molecule has 3 nitrogen and oxygen atoms in total. The third-order valence-electron chi connectivity index (χ3n) is 2.33. The first-order valence-corrected chi connectivity index (χ1v) is 4.81. The van der Waals surface area contributed by atoms with Crippen LogP contribution in [0.25, 0.3) is 0 Å². The summed E-state index contributed by atoms with van der Waals surface area (Å²) in [7, 11) is 0. The average Bonchev–Trinajstić information content (AvgIpc) is 2.25. The first-order valence-electron chi connectivity index (χ1n) is 4.81. The molecule has 1 aromatic rings. The standard InChI is InChI=1S/C11H6F5NO2/c12-10(13)5-1-2-8(11(14,15)16)6(3-9(18)19)7(5)4-17/h1-2,10H,3H2,(H,18,19). The fourth-order valence-corrected chi connectivity index (χ4v) is 1.58. The molecule has 102 valence electrons. The largest absolute Gasteiger partial charge is 0.481 e. The summed E-state index contributed by atoms with van der Waals surface area (Å²) in [5, 5.41) is 17.2. The highest BCUT2D eigenvalue weighted by Crippen LogP contribution is 2.36. The summed E-state index contributed by atoms with van der Waals surface area (Å²) in [5.41, 5.74) is -4.19. The molecule has 0 saturated carbocycles. The van der Waals surface area contributed by atoms with Gasteiger partial charge in [-0.05, 0) is 11.6 Å². The van der Waals surface area contributed by atoms with Crippen LogP contribution in [0.5, 0.6) is 0 Å². The van der Waals surface area contributed by atoms with Gasteiger partial charge in [0.15, 0.2) is 0 Å². The number of nitriles is 1. The molecule has 0 aliphatic carbocycles. The van der Waals surface area contributed by atoms with Crippen molar-refractivity contribution in [2.75, 3.05) is 0 Å². The number of rotatable bonds is 3. The Labute approximate surface area is 103 Å². The van der Waals surface area contributed by atoms with Crippen LogP contribution in [0, 0.1) is 11.3 Å². The number of aliphatic carboxylic acids is 1. The van der Waals surface area contributed by atoms with E-state index >= 15 is 0 Å². The van der Waals surface area contributed by atoms with Crippen LogP contribution >= 0.6 is 0 Å². The monoisotopic (exact) mass is 279 g/mol. The topological polar surface area (TPSA) is 61.1 Å². The second-order valence-corrected chi connectivity index (χ2v) is 3.54. The van der Waals surface area contributed by atoms with E-state index in [1.807, 2.05) is 0 Å². The molecule has 0 radical (unpaired) electrons. The summed E-state index contributed by atoms with van der Waals surface area (Å²) in [6.45, 7) is 0. The third-order valence-corrected chi connectivity index (χ3v) is 2.33. The maximum atomic E-state index is 12.7. The zero-order chi connectivity index (χ0) is 14.8. The molecule has 0 aliphatic heterocycles. The Hall–Kier alpha value is -2.17. The molecule has 0 atom stereocenters. The van der Waals surface area contributed by atoms with Gasteiger partial charge in [0.25, 0.3) is 6.43 Å². The van der Waals surface area contributed by atoms with Gasteiger partial charge in [0.2, 0.25) is 0 Å². The third kappa shape index (κ3) is 3.19. The van der Waals surface area contributed by atoms with E-state index in [4.69, 9.17) is 10.4 Å². The van der Waals surface area contributed by atoms with Gasteiger partial charge in [0.05, 0.1) is 23.6 Å². The van der Waals surface area contributed by atoms with E-state index < -0.39 is 47.2 Å². The molecule has 0 aliphatic rings. The van der Waals surface area contributed by atoms with Gasteiger partial charge in [-0.1, -0.05) is 6.07 Å². The second kappa shape index (κ2) is 5.22. The number of benzene rings is 1. The van der Waals surface area contributed by atoms with Crippen molar-refractivity contribution in [1.82, 2.24) is 0 Å². The highest BCUT2D eigenvalue weighted by molar-refractivity contribution is 5.72. The number of nitrogens with zero attached hydrogens (tertiary/aromatic N) is 1. The zero-order valence-electron chi connectivity index (χ0n) is 9.13. The Morgan fingerprint density at radius 2 is 1.95 bits per heavy atom. The molecule has 1 N–H and O–H groups in total. The summed E-state index contributed by atoms with van der Waals surface area (Å²) in [5.74, 6) is -1.64. The highest BCUT2D eigenvalue weighted by atomic mass is 19.4. The van der Waals surface area contributed by atoms with E-state index in [2.05, 4.69) is 0 Å². The van der Waals surface area contributed by atoms with Crippen LogP contribution in [-0.4, -0.2) is 11.1 Å².